The van der Waals surface area contributed by atoms with Crippen molar-refractivity contribution in [2.24, 2.45) is 5.73 Å². The molecule has 24 heavy (non-hydrogen) atoms. The fourth-order valence-corrected chi connectivity index (χ4v) is 2.93. The first kappa shape index (κ1) is 17.7. The first-order valence-corrected chi connectivity index (χ1v) is 7.95. The number of halogens is 1. The highest BCUT2D eigenvalue weighted by molar-refractivity contribution is 7.13. The summed E-state index contributed by atoms with van der Waals surface area (Å²) >= 11 is 0.963. The molecule has 0 saturated carbocycles. The van der Waals surface area contributed by atoms with Crippen molar-refractivity contribution in [1.82, 2.24) is 4.98 Å². The van der Waals surface area contributed by atoms with Gasteiger partial charge in [0.25, 0.3) is 5.91 Å². The third-order valence-corrected chi connectivity index (χ3v) is 4.17. The summed E-state index contributed by atoms with van der Waals surface area (Å²) in [5, 5.41) is 0.351. The molecule has 0 spiro atoms. The van der Waals surface area contributed by atoms with E-state index in [0.717, 1.165) is 11.3 Å². The number of rotatable bonds is 7. The maximum atomic E-state index is 12.9. The molecule has 0 bridgehead atoms. The summed E-state index contributed by atoms with van der Waals surface area (Å²) in [6.45, 7) is 1.92. The van der Waals surface area contributed by atoms with E-state index in [1.54, 1.807) is 6.92 Å². The van der Waals surface area contributed by atoms with Gasteiger partial charge in [0.05, 0.1) is 25.1 Å². The fourth-order valence-electron chi connectivity index (χ4n) is 2.01. The van der Waals surface area contributed by atoms with Gasteiger partial charge >= 0.3 is 5.97 Å². The van der Waals surface area contributed by atoms with Crippen LogP contribution in [0.2, 0.25) is 0 Å². The summed E-state index contributed by atoms with van der Waals surface area (Å²) in [4.78, 5) is 39.5. The summed E-state index contributed by atoms with van der Waals surface area (Å²) in [7, 11) is 0. The van der Waals surface area contributed by atoms with Crippen LogP contribution in [0.3, 0.4) is 0 Å². The minimum Gasteiger partial charge on any atom is -0.466 e. The van der Waals surface area contributed by atoms with Crippen molar-refractivity contribution in [1.29, 1.82) is 0 Å². The van der Waals surface area contributed by atoms with Crippen LogP contribution >= 0.6 is 11.3 Å². The Morgan fingerprint density at radius 3 is 2.46 bits per heavy atom. The molecular weight excluding hydrogens is 335 g/mol. The van der Waals surface area contributed by atoms with Crippen LogP contribution in [0.5, 0.6) is 0 Å². The van der Waals surface area contributed by atoms with Crippen molar-refractivity contribution < 1.29 is 23.5 Å². The van der Waals surface area contributed by atoms with Crippen LogP contribution in [-0.4, -0.2) is 29.3 Å². The maximum absolute atomic E-state index is 12.9. The highest BCUT2D eigenvalue weighted by Gasteiger charge is 2.20. The van der Waals surface area contributed by atoms with Crippen LogP contribution in [0, 0.1) is 5.82 Å². The standard InChI is InChI=1S/C16H15FN2O4S/c1-2-23-14(21)8-13-19-11(15(24-13)16(18)22)7-12(20)9-3-5-10(17)6-4-9/h3-6H,2,7-8H2,1H3,(H2,18,22). The molecule has 1 amide bonds. The molecule has 1 aromatic carbocycles. The topological polar surface area (TPSA) is 99.3 Å². The first-order chi connectivity index (χ1) is 11.4. The molecule has 0 atom stereocenters. The Labute approximate surface area is 141 Å². The van der Waals surface area contributed by atoms with Gasteiger partial charge in [-0.1, -0.05) is 0 Å². The predicted molar refractivity (Wildman–Crippen MR) is 85.4 cm³/mol. The summed E-state index contributed by atoms with van der Waals surface area (Å²) < 4.78 is 17.7. The van der Waals surface area contributed by atoms with Gasteiger partial charge in [0.1, 0.15) is 15.7 Å². The second kappa shape index (κ2) is 7.78. The van der Waals surface area contributed by atoms with Gasteiger partial charge in [0.15, 0.2) is 5.78 Å². The Morgan fingerprint density at radius 2 is 1.88 bits per heavy atom. The number of benzene rings is 1. The van der Waals surface area contributed by atoms with Crippen LogP contribution in [-0.2, 0) is 22.4 Å². The van der Waals surface area contributed by atoms with Crippen molar-refractivity contribution in [3.8, 4) is 0 Å². The van der Waals surface area contributed by atoms with Gasteiger partial charge in [0.2, 0.25) is 0 Å². The van der Waals surface area contributed by atoms with Gasteiger partial charge in [-0.05, 0) is 31.2 Å². The van der Waals surface area contributed by atoms with E-state index in [0.29, 0.717) is 10.6 Å². The molecule has 0 radical (unpaired) electrons. The SMILES string of the molecule is CCOC(=O)Cc1nc(CC(=O)c2ccc(F)cc2)c(C(N)=O)s1. The fraction of sp³-hybridized carbons (Fsp3) is 0.250. The molecule has 1 heterocycles. The van der Waals surface area contributed by atoms with E-state index >= 15 is 0 Å². The molecule has 0 saturated heterocycles. The minimum atomic E-state index is -0.718. The van der Waals surface area contributed by atoms with Crippen LogP contribution in [0.15, 0.2) is 24.3 Å². The number of carbonyl (C=O) groups excluding carboxylic acids is 3. The molecule has 0 fully saturated rings. The number of amides is 1. The molecule has 2 N–H and O–H groups in total. The molecule has 0 aliphatic rings. The first-order valence-electron chi connectivity index (χ1n) is 7.13. The lowest BCUT2D eigenvalue weighted by Crippen LogP contribution is -2.14. The van der Waals surface area contributed by atoms with Crippen molar-refractivity contribution in [2.75, 3.05) is 6.61 Å². The average Bonchev–Trinajstić information content (AvgIpc) is 2.90. The average molecular weight is 350 g/mol. The molecule has 2 rings (SSSR count). The van der Waals surface area contributed by atoms with E-state index in [-0.39, 0.29) is 35.8 Å². The van der Waals surface area contributed by atoms with E-state index in [1.807, 2.05) is 0 Å². The quantitative estimate of drug-likeness (QED) is 0.607. The summed E-state index contributed by atoms with van der Waals surface area (Å²) in [6, 6.07) is 5.06. The Kier molecular flexibility index (Phi) is 5.75. The van der Waals surface area contributed by atoms with Crippen LogP contribution in [0.4, 0.5) is 4.39 Å². The van der Waals surface area contributed by atoms with E-state index < -0.39 is 17.7 Å². The number of nitrogens with zero attached hydrogens (tertiary/aromatic N) is 1. The number of aromatic nitrogens is 1. The van der Waals surface area contributed by atoms with Gasteiger partial charge in [-0.3, -0.25) is 14.4 Å². The summed E-state index contributed by atoms with van der Waals surface area (Å²) in [6.07, 6.45) is -0.257. The third-order valence-electron chi connectivity index (χ3n) is 3.06. The molecule has 6 nitrogen and oxygen atoms in total. The number of esters is 1. The zero-order chi connectivity index (χ0) is 17.7. The second-order valence-electron chi connectivity index (χ2n) is 4.84. The Balaban J connectivity index is 2.20. The number of carbonyl (C=O) groups is 3. The Morgan fingerprint density at radius 1 is 1.21 bits per heavy atom. The van der Waals surface area contributed by atoms with Crippen LogP contribution in [0.1, 0.15) is 37.7 Å². The number of nitrogens with two attached hydrogens (primary N) is 1. The number of hydrogen-bond acceptors (Lipinski definition) is 6. The number of Topliss-reactive ketones (excluding diaryl/α,β-unsaturated/α-hetero) is 1. The lowest BCUT2D eigenvalue weighted by molar-refractivity contribution is -0.142. The largest absolute Gasteiger partial charge is 0.466 e. The molecule has 0 unspecified atom stereocenters. The van der Waals surface area contributed by atoms with Gasteiger partial charge in [-0.15, -0.1) is 11.3 Å². The summed E-state index contributed by atoms with van der Waals surface area (Å²) in [5.74, 6) is -1.97. The molecule has 126 valence electrons. The molecule has 2 aromatic rings. The molecule has 8 heteroatoms. The van der Waals surface area contributed by atoms with Crippen molar-refractivity contribution in [2.45, 2.75) is 19.8 Å². The van der Waals surface area contributed by atoms with Gasteiger partial charge in [0, 0.05) is 5.56 Å². The second-order valence-corrected chi connectivity index (χ2v) is 5.92. The predicted octanol–water partition coefficient (Wildman–Crippen LogP) is 1.91. The number of thiazole rings is 1. The van der Waals surface area contributed by atoms with Gasteiger partial charge < -0.3 is 10.5 Å². The van der Waals surface area contributed by atoms with Crippen molar-refractivity contribution >= 4 is 29.0 Å². The number of ether oxygens (including phenoxy) is 1. The lowest BCUT2D eigenvalue weighted by Gasteiger charge is -2.00. The van der Waals surface area contributed by atoms with E-state index in [4.69, 9.17) is 10.5 Å². The zero-order valence-corrected chi connectivity index (χ0v) is 13.7. The molecule has 1 aromatic heterocycles. The smallest absolute Gasteiger partial charge is 0.312 e. The van der Waals surface area contributed by atoms with E-state index in [9.17, 15) is 18.8 Å². The van der Waals surface area contributed by atoms with E-state index in [2.05, 4.69) is 4.98 Å². The monoisotopic (exact) mass is 350 g/mol. The van der Waals surface area contributed by atoms with E-state index in [1.165, 1.54) is 24.3 Å². The minimum absolute atomic E-state index is 0.0937. The van der Waals surface area contributed by atoms with Crippen LogP contribution < -0.4 is 5.73 Å². The van der Waals surface area contributed by atoms with Gasteiger partial charge in [-0.2, -0.15) is 0 Å². The lowest BCUT2D eigenvalue weighted by atomic mass is 10.1. The maximum Gasteiger partial charge on any atom is 0.312 e. The summed E-state index contributed by atoms with van der Waals surface area (Å²) in [5.41, 5.74) is 5.81. The number of hydrogen-bond donors (Lipinski definition) is 1. The molecule has 0 aliphatic heterocycles. The van der Waals surface area contributed by atoms with Crippen molar-refractivity contribution in [3.63, 3.8) is 0 Å². The molecular formula is C16H15FN2O4S. The highest BCUT2D eigenvalue weighted by Crippen LogP contribution is 2.21. The zero-order valence-electron chi connectivity index (χ0n) is 12.9. The third kappa shape index (κ3) is 4.45. The molecule has 0 aliphatic carbocycles. The van der Waals surface area contributed by atoms with Crippen molar-refractivity contribution in [3.05, 3.63) is 51.2 Å². The highest BCUT2D eigenvalue weighted by atomic mass is 32.1. The Bertz CT molecular complexity index is 771. The van der Waals surface area contributed by atoms with Crippen LogP contribution in [0.25, 0.3) is 0 Å². The normalized spacial score (nSPS) is 10.4. The number of primary amides is 1. The van der Waals surface area contributed by atoms with Gasteiger partial charge in [-0.25, -0.2) is 9.37 Å². The number of ketones is 1. The Hall–Kier alpha value is -2.61.